The van der Waals surface area contributed by atoms with E-state index in [9.17, 15) is 34.4 Å². The van der Waals surface area contributed by atoms with Gasteiger partial charge in [0.1, 0.15) is 17.5 Å². The zero-order valence-electron chi connectivity index (χ0n) is 21.1. The summed E-state index contributed by atoms with van der Waals surface area (Å²) in [5.74, 6) is -2.61. The van der Waals surface area contributed by atoms with Crippen LogP contribution in [-0.2, 0) is 20.9 Å². The summed E-state index contributed by atoms with van der Waals surface area (Å²) < 4.78 is 1.41. The number of thiazole rings is 1. The van der Waals surface area contributed by atoms with Gasteiger partial charge >= 0.3 is 4.87 Å². The lowest BCUT2D eigenvalue weighted by Crippen LogP contribution is -2.39. The van der Waals surface area contributed by atoms with Gasteiger partial charge in [-0.1, -0.05) is 35.2 Å². The number of aromatic nitrogens is 1. The number of non-ortho nitro benzene ring substituents is 1. The van der Waals surface area contributed by atoms with Crippen LogP contribution >= 0.6 is 23.1 Å². The number of phenols is 1. The largest absolute Gasteiger partial charge is 0.508 e. The maximum Gasteiger partial charge on any atom is 0.308 e. The van der Waals surface area contributed by atoms with Crippen molar-refractivity contribution in [3.05, 3.63) is 78.8 Å². The Balaban J connectivity index is 1.41. The molecule has 0 saturated carbocycles. The molecule has 0 bridgehead atoms. The molecule has 3 amide bonds. The van der Waals surface area contributed by atoms with Gasteiger partial charge in [0.25, 0.3) is 5.69 Å². The summed E-state index contributed by atoms with van der Waals surface area (Å²) in [6, 6.07) is 11.5. The van der Waals surface area contributed by atoms with Gasteiger partial charge in [-0.3, -0.25) is 33.9 Å². The normalized spacial score (nSPS) is 22.2. The molecule has 0 radical (unpaired) electrons. The van der Waals surface area contributed by atoms with E-state index in [1.807, 2.05) is 0 Å². The Morgan fingerprint density at radius 2 is 1.65 bits per heavy atom. The third kappa shape index (κ3) is 4.38. The lowest BCUT2D eigenvalue weighted by Gasteiger charge is -2.31. The Morgan fingerprint density at radius 3 is 2.30 bits per heavy atom. The van der Waals surface area contributed by atoms with E-state index in [1.165, 1.54) is 41.0 Å². The Labute approximate surface area is 236 Å². The van der Waals surface area contributed by atoms with E-state index in [0.29, 0.717) is 28.6 Å². The first kappa shape index (κ1) is 26.3. The molecule has 3 aliphatic heterocycles. The van der Waals surface area contributed by atoms with Crippen LogP contribution in [0, 0.1) is 16.0 Å². The number of phenolic OH excluding ortho intramolecular Hbond substituents is 1. The summed E-state index contributed by atoms with van der Waals surface area (Å²) >= 11 is 2.08. The zero-order chi connectivity index (χ0) is 28.1. The summed E-state index contributed by atoms with van der Waals surface area (Å²) in [5.41, 5.74) is 0.707. The minimum absolute atomic E-state index is 0.0323. The Bertz CT molecular complexity index is 1580. The number of thioether (sulfide) groups is 1. The van der Waals surface area contributed by atoms with E-state index in [0.717, 1.165) is 47.3 Å². The molecule has 2 fully saturated rings. The first-order chi connectivity index (χ1) is 19.2. The number of benzene rings is 2. The summed E-state index contributed by atoms with van der Waals surface area (Å²) in [6.07, 6.45) is 2.89. The predicted molar refractivity (Wildman–Crippen MR) is 148 cm³/mol. The molecule has 4 heterocycles. The van der Waals surface area contributed by atoms with Gasteiger partial charge in [-0.05, 0) is 49.1 Å². The van der Waals surface area contributed by atoms with Crippen LogP contribution < -0.4 is 9.77 Å². The fourth-order valence-electron chi connectivity index (χ4n) is 5.65. The van der Waals surface area contributed by atoms with Crippen molar-refractivity contribution >= 4 is 52.2 Å². The molecule has 11 nitrogen and oxygen atoms in total. The second kappa shape index (κ2) is 10.2. The van der Waals surface area contributed by atoms with Crippen LogP contribution in [0.3, 0.4) is 0 Å². The molecule has 0 spiro atoms. The number of hydrogen-bond acceptors (Lipinski definition) is 9. The number of nitrogens with zero attached hydrogens (tertiary/aromatic N) is 4. The fraction of sp³-hybridized carbons (Fsp3) is 0.333. The fourth-order valence-corrected chi connectivity index (χ4v) is 8.43. The van der Waals surface area contributed by atoms with Crippen molar-refractivity contribution in [3.8, 4) is 5.75 Å². The van der Waals surface area contributed by atoms with E-state index < -0.39 is 33.8 Å². The molecule has 13 heteroatoms. The van der Waals surface area contributed by atoms with Crippen molar-refractivity contribution in [2.75, 3.05) is 18.0 Å². The molecule has 0 aliphatic carbocycles. The molecular formula is C27H24N4O7S2. The highest BCUT2D eigenvalue weighted by Gasteiger charge is 2.56. The average Bonchev–Trinajstić information content (AvgIpc) is 3.40. The predicted octanol–water partition coefficient (Wildman–Crippen LogP) is 3.33. The van der Waals surface area contributed by atoms with Gasteiger partial charge in [-0.15, -0.1) is 0 Å². The van der Waals surface area contributed by atoms with Crippen LogP contribution in [0.1, 0.15) is 35.6 Å². The van der Waals surface area contributed by atoms with Crippen molar-refractivity contribution in [1.29, 1.82) is 0 Å². The van der Waals surface area contributed by atoms with Gasteiger partial charge in [-0.2, -0.15) is 0 Å². The molecule has 206 valence electrons. The molecule has 3 atom stereocenters. The van der Waals surface area contributed by atoms with Crippen molar-refractivity contribution in [2.24, 2.45) is 5.92 Å². The minimum atomic E-state index is -0.876. The first-order valence-corrected chi connectivity index (χ1v) is 14.5. The SMILES string of the molecule is O=C(Cn1c2c(sc1=O)[C@@H](c1ccc(O)cc1)[C@H]1C(=O)N(c3ccc([N+](=O)[O-])cc3)C(=O)[C@H]1S2)N1CCCCC1. The second-order valence-corrected chi connectivity index (χ2v) is 12.1. The van der Waals surface area contributed by atoms with Crippen molar-refractivity contribution in [3.63, 3.8) is 0 Å². The van der Waals surface area contributed by atoms with Gasteiger partial charge in [0.2, 0.25) is 17.7 Å². The molecule has 0 unspecified atom stereocenters. The molecule has 3 aliphatic rings. The highest BCUT2D eigenvalue weighted by Crippen LogP contribution is 2.54. The molecule has 40 heavy (non-hydrogen) atoms. The van der Waals surface area contributed by atoms with Crippen LogP contribution in [-0.4, -0.2) is 55.6 Å². The molecule has 2 aromatic carbocycles. The molecular weight excluding hydrogens is 556 g/mol. The quantitative estimate of drug-likeness (QED) is 0.275. The number of rotatable bonds is 5. The van der Waals surface area contributed by atoms with Gasteiger partial charge in [-0.25, -0.2) is 4.90 Å². The summed E-state index contributed by atoms with van der Waals surface area (Å²) in [6.45, 7) is 1.14. The van der Waals surface area contributed by atoms with E-state index in [4.69, 9.17) is 0 Å². The van der Waals surface area contributed by atoms with Crippen LogP contribution in [0.15, 0.2) is 58.4 Å². The highest BCUT2D eigenvalue weighted by atomic mass is 32.2. The molecule has 1 aromatic heterocycles. The second-order valence-electron chi connectivity index (χ2n) is 9.98. The smallest absolute Gasteiger partial charge is 0.308 e. The zero-order valence-corrected chi connectivity index (χ0v) is 22.7. The Morgan fingerprint density at radius 1 is 0.975 bits per heavy atom. The number of imide groups is 1. The van der Waals surface area contributed by atoms with Crippen molar-refractivity contribution < 1.29 is 24.4 Å². The number of piperidine rings is 1. The number of fused-ring (bicyclic) bond motifs is 2. The molecule has 2 saturated heterocycles. The Hall–Kier alpha value is -3.97. The lowest BCUT2D eigenvalue weighted by molar-refractivity contribution is -0.384. The topological polar surface area (TPSA) is 143 Å². The number of carbonyl (C=O) groups excluding carboxylic acids is 3. The number of hydrogen-bond donors (Lipinski definition) is 1. The summed E-state index contributed by atoms with van der Waals surface area (Å²) in [7, 11) is 0. The van der Waals surface area contributed by atoms with Gasteiger partial charge in [0.15, 0.2) is 0 Å². The van der Waals surface area contributed by atoms with Crippen LogP contribution in [0.25, 0.3) is 0 Å². The van der Waals surface area contributed by atoms with Crippen LogP contribution in [0.5, 0.6) is 5.75 Å². The molecule has 1 N–H and O–H groups in total. The maximum absolute atomic E-state index is 13.9. The Kier molecular flexibility index (Phi) is 6.70. The van der Waals surface area contributed by atoms with Crippen LogP contribution in [0.2, 0.25) is 0 Å². The first-order valence-electron chi connectivity index (χ1n) is 12.8. The third-order valence-corrected chi connectivity index (χ3v) is 10.2. The van der Waals surface area contributed by atoms with Gasteiger partial charge in [0, 0.05) is 36.0 Å². The van der Waals surface area contributed by atoms with E-state index in [2.05, 4.69) is 0 Å². The number of anilines is 1. The molecule has 3 aromatic rings. The number of amides is 3. The molecule has 6 rings (SSSR count). The van der Waals surface area contributed by atoms with E-state index in [1.54, 1.807) is 17.0 Å². The van der Waals surface area contributed by atoms with Gasteiger partial charge < -0.3 is 10.0 Å². The minimum Gasteiger partial charge on any atom is -0.508 e. The standard InChI is InChI=1S/C27H24N4O7S2/c32-18-10-4-15(5-11-18)20-21-22(25(35)30(24(21)34)16-6-8-17(9-7-16)31(37)38)39-26-23(20)40-27(36)29(26)14-19(33)28-12-2-1-3-13-28/h4-11,20-22,32H,1-3,12-14H2/t20-,21+,22-/m0/s1. The summed E-state index contributed by atoms with van der Waals surface area (Å²) in [5, 5.41) is 20.6. The van der Waals surface area contributed by atoms with Gasteiger partial charge in [0.05, 0.1) is 21.6 Å². The monoisotopic (exact) mass is 580 g/mol. The summed E-state index contributed by atoms with van der Waals surface area (Å²) in [4.78, 5) is 67.6. The van der Waals surface area contributed by atoms with E-state index >= 15 is 0 Å². The number of aromatic hydroxyl groups is 1. The lowest BCUT2D eigenvalue weighted by atomic mass is 9.83. The average molecular weight is 581 g/mol. The highest BCUT2D eigenvalue weighted by molar-refractivity contribution is 8.00. The number of nitro benzene ring substituents is 1. The van der Waals surface area contributed by atoms with Crippen molar-refractivity contribution in [1.82, 2.24) is 9.47 Å². The maximum atomic E-state index is 13.9. The number of carbonyl (C=O) groups is 3. The number of likely N-dealkylation sites (tertiary alicyclic amines) is 1. The van der Waals surface area contributed by atoms with Crippen molar-refractivity contribution in [2.45, 2.75) is 42.0 Å². The van der Waals surface area contributed by atoms with E-state index in [-0.39, 0.29) is 34.4 Å². The third-order valence-electron chi connectivity index (χ3n) is 7.62. The number of nitro groups is 1. The van der Waals surface area contributed by atoms with Crippen LogP contribution in [0.4, 0.5) is 11.4 Å².